The van der Waals surface area contributed by atoms with Crippen LogP contribution >= 0.6 is 0 Å². The number of pyridine rings is 3. The molecule has 0 aliphatic rings. The molecule has 0 radical (unpaired) electrons. The van der Waals surface area contributed by atoms with Gasteiger partial charge in [0.1, 0.15) is 5.52 Å². The van der Waals surface area contributed by atoms with Crippen molar-refractivity contribution in [2.24, 2.45) is 0 Å². The van der Waals surface area contributed by atoms with Crippen LogP contribution < -0.4 is 5.32 Å². The Morgan fingerprint density at radius 3 is 2.50 bits per heavy atom. The highest BCUT2D eigenvalue weighted by Crippen LogP contribution is 2.14. The van der Waals surface area contributed by atoms with Crippen molar-refractivity contribution in [1.82, 2.24) is 29.8 Å². The lowest BCUT2D eigenvalue weighted by Crippen LogP contribution is -2.23. The monoisotopic (exact) mass is 344 g/mol. The van der Waals surface area contributed by atoms with Gasteiger partial charge in [-0.3, -0.25) is 14.8 Å². The molecule has 4 heterocycles. The first-order chi connectivity index (χ1) is 12.8. The first kappa shape index (κ1) is 15.9. The second kappa shape index (κ2) is 7.10. The number of amides is 1. The number of fused-ring (bicyclic) bond motifs is 1. The van der Waals surface area contributed by atoms with E-state index in [1.807, 2.05) is 35.0 Å². The molecular formula is C19H16N6O. The van der Waals surface area contributed by atoms with E-state index in [1.54, 1.807) is 37.2 Å². The summed E-state index contributed by atoms with van der Waals surface area (Å²) in [6.45, 7) is 1.05. The Labute approximate surface area is 149 Å². The molecule has 0 fully saturated rings. The maximum atomic E-state index is 12.3. The molecule has 7 heteroatoms. The van der Waals surface area contributed by atoms with E-state index in [9.17, 15) is 4.79 Å². The standard InChI is InChI=1S/C19H16N6O/c26-19(23-10-14-3-1-5-20-8-14)16-7-17-18(22-11-16)25(13-24-17)12-15-4-2-6-21-9-15/h1-9,11,13H,10,12H2,(H,23,26). The predicted octanol–water partition coefficient (Wildman–Crippen LogP) is 2.20. The number of carbonyl (C=O) groups excluding carboxylic acids is 1. The number of hydrogen-bond donors (Lipinski definition) is 1. The van der Waals surface area contributed by atoms with Gasteiger partial charge in [-0.25, -0.2) is 9.97 Å². The zero-order valence-electron chi connectivity index (χ0n) is 13.9. The normalized spacial score (nSPS) is 10.8. The van der Waals surface area contributed by atoms with Gasteiger partial charge in [-0.15, -0.1) is 0 Å². The maximum absolute atomic E-state index is 12.3. The van der Waals surface area contributed by atoms with Crippen molar-refractivity contribution in [3.8, 4) is 0 Å². The number of imidazole rings is 1. The van der Waals surface area contributed by atoms with Gasteiger partial charge < -0.3 is 9.88 Å². The Balaban J connectivity index is 1.50. The average molecular weight is 344 g/mol. The molecule has 4 aromatic heterocycles. The van der Waals surface area contributed by atoms with Crippen molar-refractivity contribution in [2.75, 3.05) is 0 Å². The molecule has 128 valence electrons. The van der Waals surface area contributed by atoms with Crippen LogP contribution in [0.5, 0.6) is 0 Å². The van der Waals surface area contributed by atoms with Crippen LogP contribution in [0, 0.1) is 0 Å². The van der Waals surface area contributed by atoms with E-state index in [4.69, 9.17) is 0 Å². The lowest BCUT2D eigenvalue weighted by atomic mass is 10.2. The lowest BCUT2D eigenvalue weighted by Gasteiger charge is -2.06. The van der Waals surface area contributed by atoms with E-state index in [0.717, 1.165) is 16.8 Å². The summed E-state index contributed by atoms with van der Waals surface area (Å²) in [5, 5.41) is 2.86. The van der Waals surface area contributed by atoms with Crippen molar-refractivity contribution in [3.05, 3.63) is 84.3 Å². The molecule has 4 aromatic rings. The average Bonchev–Trinajstić information content (AvgIpc) is 3.10. The van der Waals surface area contributed by atoms with Crippen LogP contribution in [0.1, 0.15) is 21.5 Å². The Morgan fingerprint density at radius 2 is 1.77 bits per heavy atom. The summed E-state index contributed by atoms with van der Waals surface area (Å²) in [6.07, 6.45) is 10.3. The molecule has 0 aromatic carbocycles. The number of rotatable bonds is 5. The first-order valence-electron chi connectivity index (χ1n) is 8.16. The van der Waals surface area contributed by atoms with Crippen LogP contribution in [0.25, 0.3) is 11.2 Å². The van der Waals surface area contributed by atoms with E-state index in [2.05, 4.69) is 25.3 Å². The van der Waals surface area contributed by atoms with Gasteiger partial charge in [0, 0.05) is 37.5 Å². The van der Waals surface area contributed by atoms with Crippen LogP contribution in [0.3, 0.4) is 0 Å². The van der Waals surface area contributed by atoms with Gasteiger partial charge in [-0.05, 0) is 29.3 Å². The minimum atomic E-state index is -0.190. The Kier molecular flexibility index (Phi) is 4.34. The van der Waals surface area contributed by atoms with Gasteiger partial charge in [0.05, 0.1) is 18.4 Å². The van der Waals surface area contributed by atoms with Crippen molar-refractivity contribution in [1.29, 1.82) is 0 Å². The summed E-state index contributed by atoms with van der Waals surface area (Å²) in [5.74, 6) is -0.190. The second-order valence-corrected chi connectivity index (χ2v) is 5.84. The molecule has 0 spiro atoms. The Morgan fingerprint density at radius 1 is 1.00 bits per heavy atom. The topological polar surface area (TPSA) is 85.6 Å². The molecule has 0 saturated carbocycles. The fourth-order valence-electron chi connectivity index (χ4n) is 2.66. The van der Waals surface area contributed by atoms with Crippen molar-refractivity contribution < 1.29 is 4.79 Å². The summed E-state index contributed by atoms with van der Waals surface area (Å²) in [5.41, 5.74) is 3.90. The fraction of sp³-hybridized carbons (Fsp3) is 0.105. The molecule has 1 N–H and O–H groups in total. The summed E-state index contributed by atoms with van der Waals surface area (Å²) >= 11 is 0. The van der Waals surface area contributed by atoms with Gasteiger partial charge in [0.2, 0.25) is 0 Å². The van der Waals surface area contributed by atoms with Gasteiger partial charge in [0.15, 0.2) is 5.65 Å². The first-order valence-corrected chi connectivity index (χ1v) is 8.16. The molecule has 7 nitrogen and oxygen atoms in total. The van der Waals surface area contributed by atoms with Crippen molar-refractivity contribution in [3.63, 3.8) is 0 Å². The Bertz CT molecular complexity index is 1030. The molecule has 0 saturated heterocycles. The van der Waals surface area contributed by atoms with Crippen LogP contribution in [0.15, 0.2) is 67.6 Å². The largest absolute Gasteiger partial charge is 0.348 e. The molecular weight excluding hydrogens is 328 g/mol. The highest BCUT2D eigenvalue weighted by molar-refractivity contribution is 5.96. The van der Waals surface area contributed by atoms with Gasteiger partial charge >= 0.3 is 0 Å². The Hall–Kier alpha value is -3.61. The summed E-state index contributed by atoms with van der Waals surface area (Å²) < 4.78 is 1.93. The zero-order valence-corrected chi connectivity index (χ0v) is 13.9. The maximum Gasteiger partial charge on any atom is 0.253 e. The third-order valence-electron chi connectivity index (χ3n) is 3.97. The quantitative estimate of drug-likeness (QED) is 0.600. The molecule has 0 atom stereocenters. The summed E-state index contributed by atoms with van der Waals surface area (Å²) in [4.78, 5) is 29.3. The summed E-state index contributed by atoms with van der Waals surface area (Å²) in [7, 11) is 0. The number of nitrogens with zero attached hydrogens (tertiary/aromatic N) is 5. The number of aromatic nitrogens is 5. The lowest BCUT2D eigenvalue weighted by molar-refractivity contribution is 0.0950. The number of hydrogen-bond acceptors (Lipinski definition) is 5. The predicted molar refractivity (Wildman–Crippen MR) is 96.3 cm³/mol. The van der Waals surface area contributed by atoms with Gasteiger partial charge in [0.25, 0.3) is 5.91 Å². The smallest absolute Gasteiger partial charge is 0.253 e. The van der Waals surface area contributed by atoms with Crippen molar-refractivity contribution >= 4 is 17.1 Å². The number of carbonyl (C=O) groups is 1. The third kappa shape index (κ3) is 3.41. The van der Waals surface area contributed by atoms with E-state index < -0.39 is 0 Å². The molecule has 1 amide bonds. The van der Waals surface area contributed by atoms with Gasteiger partial charge in [-0.1, -0.05) is 12.1 Å². The SMILES string of the molecule is O=C(NCc1cccnc1)c1cnc2c(c1)ncn2Cc1cccnc1. The van der Waals surface area contributed by atoms with E-state index >= 15 is 0 Å². The zero-order chi connectivity index (χ0) is 17.8. The second-order valence-electron chi connectivity index (χ2n) is 5.84. The van der Waals surface area contributed by atoms with Crippen molar-refractivity contribution in [2.45, 2.75) is 13.1 Å². The molecule has 0 aliphatic carbocycles. The molecule has 0 unspecified atom stereocenters. The van der Waals surface area contributed by atoms with E-state index in [1.165, 1.54) is 0 Å². The minimum absolute atomic E-state index is 0.190. The van der Waals surface area contributed by atoms with E-state index in [0.29, 0.717) is 24.2 Å². The van der Waals surface area contributed by atoms with Gasteiger partial charge in [-0.2, -0.15) is 0 Å². The molecule has 26 heavy (non-hydrogen) atoms. The van der Waals surface area contributed by atoms with Crippen LogP contribution in [-0.4, -0.2) is 30.4 Å². The molecule has 4 rings (SSSR count). The van der Waals surface area contributed by atoms with E-state index in [-0.39, 0.29) is 5.91 Å². The van der Waals surface area contributed by atoms with Crippen LogP contribution in [-0.2, 0) is 13.1 Å². The fourth-order valence-corrected chi connectivity index (χ4v) is 2.66. The highest BCUT2D eigenvalue weighted by atomic mass is 16.1. The molecule has 0 bridgehead atoms. The third-order valence-corrected chi connectivity index (χ3v) is 3.97. The van der Waals surface area contributed by atoms with Crippen LogP contribution in [0.4, 0.5) is 0 Å². The summed E-state index contributed by atoms with van der Waals surface area (Å²) in [6, 6.07) is 9.39. The van der Waals surface area contributed by atoms with Crippen LogP contribution in [0.2, 0.25) is 0 Å². The highest BCUT2D eigenvalue weighted by Gasteiger charge is 2.11. The number of nitrogens with one attached hydrogen (secondary N) is 1. The molecule has 0 aliphatic heterocycles. The minimum Gasteiger partial charge on any atom is -0.348 e.